The van der Waals surface area contributed by atoms with Crippen molar-refractivity contribution >= 4 is 35.9 Å². The van der Waals surface area contributed by atoms with E-state index >= 15 is 0 Å². The predicted molar refractivity (Wildman–Crippen MR) is 96.2 cm³/mol. The van der Waals surface area contributed by atoms with Crippen LogP contribution >= 0.6 is 23.2 Å². The first-order valence-corrected chi connectivity index (χ1v) is 7.75. The van der Waals surface area contributed by atoms with E-state index in [2.05, 4.69) is 11.7 Å². The summed E-state index contributed by atoms with van der Waals surface area (Å²) in [6.07, 6.45) is 1.42. The number of aromatic nitrogens is 2. The first kappa shape index (κ1) is 17.0. The van der Waals surface area contributed by atoms with Crippen molar-refractivity contribution in [3.63, 3.8) is 0 Å². The molecule has 0 saturated heterocycles. The van der Waals surface area contributed by atoms with Gasteiger partial charge in [-0.1, -0.05) is 29.8 Å². The van der Waals surface area contributed by atoms with E-state index in [4.69, 9.17) is 23.2 Å². The van der Waals surface area contributed by atoms with Crippen LogP contribution < -0.4 is 16.1 Å². The fourth-order valence-electron chi connectivity index (χ4n) is 2.33. The molecule has 0 aliphatic rings. The van der Waals surface area contributed by atoms with Gasteiger partial charge in [0.15, 0.2) is 17.2 Å². The van der Waals surface area contributed by atoms with Crippen LogP contribution in [0.15, 0.2) is 35.1 Å². The van der Waals surface area contributed by atoms with Crippen molar-refractivity contribution in [3.05, 3.63) is 66.9 Å². The number of H-pyrrole nitrogens is 1. The van der Waals surface area contributed by atoms with E-state index in [1.54, 1.807) is 12.1 Å². The van der Waals surface area contributed by atoms with Crippen molar-refractivity contribution in [2.45, 2.75) is 0 Å². The lowest BCUT2D eigenvalue weighted by atomic mass is 10.1. The monoisotopic (exact) mass is 378 g/mol. The Morgan fingerprint density at radius 2 is 1.68 bits per heavy atom. The van der Waals surface area contributed by atoms with E-state index < -0.39 is 22.8 Å². The smallest absolute Gasteiger partial charge is 0.279 e. The molecule has 0 amide bonds. The predicted octanol–water partition coefficient (Wildman–Crippen LogP) is 1.83. The van der Waals surface area contributed by atoms with Crippen molar-refractivity contribution in [2.24, 2.45) is 0 Å². The number of aromatic amines is 1. The van der Waals surface area contributed by atoms with Crippen molar-refractivity contribution < 1.29 is 15.3 Å². The van der Waals surface area contributed by atoms with Gasteiger partial charge in [-0.05, 0) is 42.0 Å². The van der Waals surface area contributed by atoms with Crippen molar-refractivity contribution in [1.29, 1.82) is 0 Å². The lowest BCUT2D eigenvalue weighted by Crippen LogP contribution is -2.33. The second-order valence-corrected chi connectivity index (χ2v) is 6.11. The number of nitrogens with zero attached hydrogens (tertiary/aromatic N) is 1. The maximum Gasteiger partial charge on any atom is 0.279 e. The molecule has 0 bridgehead atoms. The zero-order valence-electron chi connectivity index (χ0n) is 12.6. The lowest BCUT2D eigenvalue weighted by Gasteiger charge is -2.02. The van der Waals surface area contributed by atoms with E-state index in [0.29, 0.717) is 26.6 Å². The van der Waals surface area contributed by atoms with Gasteiger partial charge < -0.3 is 15.3 Å². The number of aromatic hydroxyl groups is 3. The topological polar surface area (TPSA) is 98.5 Å². The second-order valence-electron chi connectivity index (χ2n) is 5.30. The Hall–Kier alpha value is -2.83. The van der Waals surface area contributed by atoms with E-state index in [1.807, 2.05) is 0 Å². The number of phenols is 3. The molecule has 0 aliphatic carbocycles. The number of hydrogen-bond acceptors (Lipinski definition) is 4. The first-order chi connectivity index (χ1) is 11.8. The molecule has 0 aliphatic heterocycles. The molecule has 3 rings (SSSR count). The highest BCUT2D eigenvalue weighted by atomic mass is 35.5. The van der Waals surface area contributed by atoms with Crippen LogP contribution in [0.4, 0.5) is 0 Å². The quantitative estimate of drug-likeness (QED) is 0.511. The van der Waals surface area contributed by atoms with Crippen LogP contribution in [-0.4, -0.2) is 25.1 Å². The standard InChI is InChI=1S/C17H12Cl2N2O4/c1-8-11(4-9-5-14(22)16(24)15(23)6-9)17(25)21(20-8)10-2-3-12(18)13(19)7-10/h2-7,20,22-24H,1H2. The average Bonchev–Trinajstić information content (AvgIpc) is 2.83. The fraction of sp³-hybridized carbons (Fsp3) is 0. The molecule has 2 aromatic carbocycles. The Morgan fingerprint density at radius 1 is 1.04 bits per heavy atom. The van der Waals surface area contributed by atoms with Crippen LogP contribution in [0.2, 0.25) is 10.0 Å². The summed E-state index contributed by atoms with van der Waals surface area (Å²) in [7, 11) is 0. The molecular formula is C17H12Cl2N2O4. The Bertz CT molecular complexity index is 1130. The molecule has 128 valence electrons. The van der Waals surface area contributed by atoms with E-state index in [-0.39, 0.29) is 5.22 Å². The summed E-state index contributed by atoms with van der Waals surface area (Å²) in [6.45, 7) is 3.78. The Morgan fingerprint density at radius 3 is 2.28 bits per heavy atom. The molecule has 0 atom stereocenters. The van der Waals surface area contributed by atoms with Gasteiger partial charge >= 0.3 is 0 Å². The molecule has 4 N–H and O–H groups in total. The SMILES string of the molecule is C=c1[nH]n(-c2ccc(Cl)c(Cl)c2)c(=O)c1=Cc1cc(O)c(O)c(O)c1. The number of hydrogen-bond donors (Lipinski definition) is 4. The van der Waals surface area contributed by atoms with Crippen LogP contribution in [0.1, 0.15) is 5.56 Å². The third-order valence-corrected chi connectivity index (χ3v) is 4.31. The van der Waals surface area contributed by atoms with Gasteiger partial charge in [0.1, 0.15) is 0 Å². The zero-order chi connectivity index (χ0) is 18.3. The van der Waals surface area contributed by atoms with Crippen LogP contribution in [0.25, 0.3) is 18.3 Å². The third-order valence-electron chi connectivity index (χ3n) is 3.57. The molecule has 0 unspecified atom stereocenters. The van der Waals surface area contributed by atoms with Gasteiger partial charge in [0.25, 0.3) is 5.56 Å². The van der Waals surface area contributed by atoms with Gasteiger partial charge in [0.2, 0.25) is 0 Å². The summed E-state index contributed by atoms with van der Waals surface area (Å²) >= 11 is 11.9. The van der Waals surface area contributed by atoms with Crippen LogP contribution in [0.5, 0.6) is 17.2 Å². The average molecular weight is 379 g/mol. The molecule has 1 heterocycles. The number of phenolic OH excluding ortho intramolecular Hbond substituents is 3. The number of nitrogens with one attached hydrogen (secondary N) is 1. The van der Waals surface area contributed by atoms with Gasteiger partial charge in [0, 0.05) is 0 Å². The number of benzene rings is 2. The summed E-state index contributed by atoms with van der Waals surface area (Å²) in [6, 6.07) is 7.14. The summed E-state index contributed by atoms with van der Waals surface area (Å²) < 4.78 is 1.25. The Kier molecular flexibility index (Phi) is 4.24. The summed E-state index contributed by atoms with van der Waals surface area (Å²) in [4.78, 5) is 12.6. The molecular weight excluding hydrogens is 367 g/mol. The molecule has 0 spiro atoms. The number of rotatable bonds is 2. The van der Waals surface area contributed by atoms with E-state index in [9.17, 15) is 20.1 Å². The molecule has 1 aromatic heterocycles. The Balaban J connectivity index is 2.20. The fourth-order valence-corrected chi connectivity index (χ4v) is 2.62. The molecule has 8 heteroatoms. The Labute approximate surface area is 151 Å². The third kappa shape index (κ3) is 3.09. The minimum atomic E-state index is -0.630. The van der Waals surface area contributed by atoms with Crippen molar-refractivity contribution in [3.8, 4) is 22.9 Å². The van der Waals surface area contributed by atoms with Gasteiger partial charge in [-0.25, -0.2) is 4.68 Å². The van der Waals surface area contributed by atoms with Crippen molar-refractivity contribution in [1.82, 2.24) is 9.78 Å². The molecule has 0 saturated carbocycles. The van der Waals surface area contributed by atoms with Crippen LogP contribution in [-0.2, 0) is 0 Å². The highest BCUT2D eigenvalue weighted by molar-refractivity contribution is 6.42. The van der Waals surface area contributed by atoms with Gasteiger partial charge in [0.05, 0.1) is 26.3 Å². The maximum atomic E-state index is 12.6. The molecule has 6 nitrogen and oxygen atoms in total. The van der Waals surface area contributed by atoms with Gasteiger partial charge in [-0.3, -0.25) is 9.89 Å². The molecule has 0 radical (unpaired) electrons. The minimum Gasteiger partial charge on any atom is -0.504 e. The second kappa shape index (κ2) is 6.23. The number of halogens is 2. The first-order valence-electron chi connectivity index (χ1n) is 7.00. The molecule has 3 aromatic rings. The minimum absolute atomic E-state index is 0.218. The molecule has 0 fully saturated rings. The van der Waals surface area contributed by atoms with Crippen molar-refractivity contribution in [2.75, 3.05) is 0 Å². The highest BCUT2D eigenvalue weighted by Crippen LogP contribution is 2.35. The van der Waals surface area contributed by atoms with Gasteiger partial charge in [-0.2, -0.15) is 0 Å². The van der Waals surface area contributed by atoms with E-state index in [1.165, 1.54) is 29.0 Å². The molecule has 25 heavy (non-hydrogen) atoms. The summed E-state index contributed by atoms with van der Waals surface area (Å²) in [5.74, 6) is -1.64. The summed E-state index contributed by atoms with van der Waals surface area (Å²) in [5.41, 5.74) is 0.380. The maximum absolute atomic E-state index is 12.6. The van der Waals surface area contributed by atoms with E-state index in [0.717, 1.165) is 0 Å². The largest absolute Gasteiger partial charge is 0.504 e. The van der Waals surface area contributed by atoms with Crippen LogP contribution in [0, 0.1) is 0 Å². The van der Waals surface area contributed by atoms with Crippen LogP contribution in [0.3, 0.4) is 0 Å². The highest BCUT2D eigenvalue weighted by Gasteiger charge is 2.09. The van der Waals surface area contributed by atoms with Gasteiger partial charge in [-0.15, -0.1) is 0 Å². The summed E-state index contributed by atoms with van der Waals surface area (Å²) in [5, 5.41) is 32.6. The lowest BCUT2D eigenvalue weighted by molar-refractivity contribution is 0.368. The zero-order valence-corrected chi connectivity index (χ0v) is 14.1. The normalized spacial score (nSPS) is 11.8.